The van der Waals surface area contributed by atoms with Gasteiger partial charge in [0.1, 0.15) is 5.78 Å². The molecule has 40 heavy (non-hydrogen) atoms. The van der Waals surface area contributed by atoms with Crippen molar-refractivity contribution in [1.29, 1.82) is 0 Å². The minimum atomic E-state index is -4.22. The molecule has 2 aromatic carbocycles. The maximum absolute atomic E-state index is 12.4. The molecule has 0 aliphatic carbocycles. The highest BCUT2D eigenvalue weighted by molar-refractivity contribution is 6.42. The topological polar surface area (TPSA) is 40.6 Å². The summed E-state index contributed by atoms with van der Waals surface area (Å²) in [6.45, 7) is 13.9. The third-order valence-electron chi connectivity index (χ3n) is 7.55. The number of piperidine rings is 1. The number of aryl methyl sites for hydroxylation is 1. The van der Waals surface area contributed by atoms with Crippen LogP contribution in [0, 0.1) is 0 Å². The average Bonchev–Trinajstić information content (AvgIpc) is 2.94. The summed E-state index contributed by atoms with van der Waals surface area (Å²) < 4.78 is 36.1. The molecule has 0 bridgehead atoms. The van der Waals surface area contributed by atoms with E-state index in [4.69, 9.17) is 23.2 Å². The zero-order chi connectivity index (χ0) is 30.7. The Kier molecular flexibility index (Phi) is 14.7. The molecule has 1 heterocycles. The number of likely N-dealkylation sites (tertiary alicyclic amines) is 1. The molecular formula is C31H43Cl2F3N2O2. The molecule has 0 spiro atoms. The van der Waals surface area contributed by atoms with Crippen molar-refractivity contribution in [3.05, 3.63) is 69.2 Å². The van der Waals surface area contributed by atoms with Gasteiger partial charge in [0.15, 0.2) is 0 Å². The molecule has 0 N–H and O–H groups in total. The predicted octanol–water partition coefficient (Wildman–Crippen LogP) is 8.47. The van der Waals surface area contributed by atoms with Crippen LogP contribution < -0.4 is 0 Å². The number of Topliss-reactive ketones (excluding diaryl/α,β-unsaturated/α-hetero) is 1. The molecule has 0 aromatic heterocycles. The first kappa shape index (κ1) is 35.9. The Bertz CT molecular complexity index is 1080. The molecule has 3 rings (SSSR count). The molecule has 224 valence electrons. The van der Waals surface area contributed by atoms with E-state index in [1.165, 1.54) is 12.1 Å². The summed E-state index contributed by atoms with van der Waals surface area (Å²) in [6.07, 6.45) is -0.781. The second-order valence-corrected chi connectivity index (χ2v) is 10.8. The van der Waals surface area contributed by atoms with E-state index in [-0.39, 0.29) is 11.7 Å². The Morgan fingerprint density at radius 2 is 1.48 bits per heavy atom. The number of hydrogen-bond acceptors (Lipinski definition) is 3. The average molecular weight is 604 g/mol. The summed E-state index contributed by atoms with van der Waals surface area (Å²) in [7, 11) is 1.87. The lowest BCUT2D eigenvalue weighted by Crippen LogP contribution is -2.46. The van der Waals surface area contributed by atoms with Crippen LogP contribution in [0.3, 0.4) is 0 Å². The van der Waals surface area contributed by atoms with Gasteiger partial charge in [0, 0.05) is 33.1 Å². The van der Waals surface area contributed by atoms with E-state index in [1.54, 1.807) is 26.0 Å². The molecule has 1 saturated heterocycles. The zero-order valence-electron chi connectivity index (χ0n) is 24.7. The summed E-state index contributed by atoms with van der Waals surface area (Å²) in [5.41, 5.74) is 0.662. The molecule has 9 heteroatoms. The minimum absolute atomic E-state index is 0.118. The molecule has 1 aliphatic rings. The lowest BCUT2D eigenvalue weighted by atomic mass is 9.76. The van der Waals surface area contributed by atoms with Crippen molar-refractivity contribution >= 4 is 34.9 Å². The van der Waals surface area contributed by atoms with Gasteiger partial charge in [0.2, 0.25) is 5.91 Å². The summed E-state index contributed by atoms with van der Waals surface area (Å²) in [5, 5.41) is 0.975. The smallest absolute Gasteiger partial charge is 0.343 e. The second-order valence-electron chi connectivity index (χ2n) is 10.0. The van der Waals surface area contributed by atoms with E-state index in [9.17, 15) is 22.8 Å². The Balaban J connectivity index is 0.000000477. The molecule has 0 radical (unpaired) electrons. The van der Waals surface area contributed by atoms with E-state index in [1.807, 2.05) is 45.7 Å². The number of amides is 1. The van der Waals surface area contributed by atoms with Gasteiger partial charge in [-0.1, -0.05) is 62.2 Å². The van der Waals surface area contributed by atoms with Gasteiger partial charge < -0.3 is 9.80 Å². The molecule has 0 saturated carbocycles. The first-order valence-electron chi connectivity index (χ1n) is 13.8. The van der Waals surface area contributed by atoms with Crippen LogP contribution in [0.15, 0.2) is 42.5 Å². The van der Waals surface area contributed by atoms with Crippen LogP contribution in [0.1, 0.15) is 77.5 Å². The fourth-order valence-corrected chi connectivity index (χ4v) is 4.76. The number of hydrogen-bond donors (Lipinski definition) is 0. The van der Waals surface area contributed by atoms with Crippen molar-refractivity contribution in [2.45, 2.75) is 84.9 Å². The lowest BCUT2D eigenvalue weighted by molar-refractivity contribution is -0.137. The summed E-state index contributed by atoms with van der Waals surface area (Å²) in [5.74, 6) is 0.245. The van der Waals surface area contributed by atoms with Crippen LogP contribution in [0.25, 0.3) is 0 Å². The Morgan fingerprint density at radius 1 is 0.950 bits per heavy atom. The van der Waals surface area contributed by atoms with Gasteiger partial charge in [0.05, 0.1) is 21.0 Å². The minimum Gasteiger partial charge on any atom is -0.343 e. The van der Waals surface area contributed by atoms with E-state index >= 15 is 0 Å². The van der Waals surface area contributed by atoms with Gasteiger partial charge in [-0.25, -0.2) is 0 Å². The van der Waals surface area contributed by atoms with Crippen molar-refractivity contribution in [1.82, 2.24) is 9.80 Å². The Hall–Kier alpha value is -2.09. The summed E-state index contributed by atoms with van der Waals surface area (Å²) >= 11 is 12.2. The van der Waals surface area contributed by atoms with Crippen molar-refractivity contribution in [3.8, 4) is 0 Å². The number of halogens is 5. The molecule has 4 nitrogen and oxygen atoms in total. The van der Waals surface area contributed by atoms with Gasteiger partial charge >= 0.3 is 6.18 Å². The first-order valence-corrected chi connectivity index (χ1v) is 14.5. The van der Waals surface area contributed by atoms with Gasteiger partial charge in [0.25, 0.3) is 0 Å². The molecule has 1 amide bonds. The highest BCUT2D eigenvalue weighted by Gasteiger charge is 2.34. The van der Waals surface area contributed by atoms with Gasteiger partial charge in [-0.3, -0.25) is 9.59 Å². The second kappa shape index (κ2) is 16.4. The Labute approximate surface area is 247 Å². The van der Waals surface area contributed by atoms with Crippen LogP contribution in [-0.4, -0.2) is 54.2 Å². The fraction of sp³-hybridized carbons (Fsp3) is 0.548. The zero-order valence-corrected chi connectivity index (χ0v) is 26.2. The van der Waals surface area contributed by atoms with E-state index in [2.05, 4.69) is 4.90 Å². The van der Waals surface area contributed by atoms with Crippen LogP contribution in [-0.2, 0) is 27.6 Å². The summed E-state index contributed by atoms with van der Waals surface area (Å²) in [6, 6.07) is 11.0. The van der Waals surface area contributed by atoms with Crippen molar-refractivity contribution in [2.24, 2.45) is 0 Å². The monoisotopic (exact) mass is 602 g/mol. The number of carbonyl (C=O) groups excluding carboxylic acids is 2. The highest BCUT2D eigenvalue weighted by atomic mass is 35.5. The number of rotatable bonds is 7. The van der Waals surface area contributed by atoms with Gasteiger partial charge in [-0.2, -0.15) is 13.2 Å². The highest BCUT2D eigenvalue weighted by Crippen LogP contribution is 2.34. The molecule has 1 aliphatic heterocycles. The summed E-state index contributed by atoms with van der Waals surface area (Å²) in [4.78, 5) is 28.2. The maximum Gasteiger partial charge on any atom is 0.416 e. The number of carbonyl (C=O) groups is 2. The van der Waals surface area contributed by atoms with Crippen molar-refractivity contribution < 1.29 is 22.8 Å². The van der Waals surface area contributed by atoms with E-state index < -0.39 is 17.2 Å². The SMILES string of the molecule is CC.CC(=O)N(C)C1CCN(CCC(C)(C(C)=O)c2ccc(Cl)c(Cl)c2)CC1.CCc1ccc(C(F)(F)F)cc1. The van der Waals surface area contributed by atoms with E-state index in [0.717, 1.165) is 68.6 Å². The van der Waals surface area contributed by atoms with E-state index in [0.29, 0.717) is 16.1 Å². The number of ketones is 1. The molecule has 2 aromatic rings. The third-order valence-corrected chi connectivity index (χ3v) is 8.29. The quantitative estimate of drug-likeness (QED) is 0.319. The van der Waals surface area contributed by atoms with Crippen molar-refractivity contribution in [3.63, 3.8) is 0 Å². The van der Waals surface area contributed by atoms with Gasteiger partial charge in [-0.05, 0) is 81.5 Å². The first-order chi connectivity index (χ1) is 18.7. The molecule has 1 fully saturated rings. The fourth-order valence-electron chi connectivity index (χ4n) is 4.46. The third kappa shape index (κ3) is 10.4. The largest absolute Gasteiger partial charge is 0.416 e. The van der Waals surface area contributed by atoms with Crippen LogP contribution in [0.2, 0.25) is 10.0 Å². The standard InChI is InChI=1S/C20H28Cl2N2O2.C9H9F3.C2H6/c1-14(25)20(3,16-5-6-18(21)19(22)13-16)9-12-24-10-7-17(8-11-24)23(4)15(2)26;1-2-7-3-5-8(6-4-7)9(10,11)12;1-2/h5-6,13,17H,7-12H2,1-4H3;3-6H,2H2,1H3;1-2H3. The number of benzene rings is 2. The van der Waals surface area contributed by atoms with Crippen LogP contribution in [0.5, 0.6) is 0 Å². The number of nitrogens with zero attached hydrogens (tertiary/aromatic N) is 2. The number of alkyl halides is 3. The predicted molar refractivity (Wildman–Crippen MR) is 159 cm³/mol. The maximum atomic E-state index is 12.4. The molecule has 1 unspecified atom stereocenters. The normalized spacial score (nSPS) is 15.6. The van der Waals surface area contributed by atoms with Gasteiger partial charge in [-0.15, -0.1) is 0 Å². The lowest BCUT2D eigenvalue weighted by Gasteiger charge is -2.38. The van der Waals surface area contributed by atoms with Crippen LogP contribution >= 0.6 is 23.2 Å². The van der Waals surface area contributed by atoms with Crippen molar-refractivity contribution in [2.75, 3.05) is 26.7 Å². The molecular weight excluding hydrogens is 560 g/mol. The van der Waals surface area contributed by atoms with Crippen LogP contribution in [0.4, 0.5) is 13.2 Å². The Morgan fingerprint density at radius 3 is 1.90 bits per heavy atom. The molecule has 1 atom stereocenters.